The molecule has 0 spiro atoms. The number of nitrogens with zero attached hydrogens (tertiary/aromatic N) is 2. The van der Waals surface area contributed by atoms with Crippen molar-refractivity contribution >= 4 is 17.3 Å². The number of likely N-dealkylation sites (tertiary alicyclic amines) is 1. The number of hydrogen-bond acceptors (Lipinski definition) is 5. The topological polar surface area (TPSA) is 54.0 Å². The molecule has 2 aromatic carbocycles. The van der Waals surface area contributed by atoms with Crippen LogP contribution in [0.2, 0.25) is 0 Å². The van der Waals surface area contributed by atoms with Crippen LogP contribution in [-0.2, 0) is 4.74 Å². The second-order valence-electron chi connectivity index (χ2n) is 9.11. The van der Waals surface area contributed by atoms with Crippen LogP contribution in [0.5, 0.6) is 5.75 Å². The van der Waals surface area contributed by atoms with Gasteiger partial charge in [-0.3, -0.25) is 9.69 Å². The number of methoxy groups -OCH3 is 1. The lowest BCUT2D eigenvalue weighted by Crippen LogP contribution is -2.48. The molecule has 0 radical (unpaired) electrons. The zero-order chi connectivity index (χ0) is 22.5. The quantitative estimate of drug-likeness (QED) is 0.726. The van der Waals surface area contributed by atoms with E-state index >= 15 is 0 Å². The lowest BCUT2D eigenvalue weighted by molar-refractivity contribution is -0.0728. The first-order chi connectivity index (χ1) is 15.5. The van der Waals surface area contributed by atoms with E-state index in [9.17, 15) is 4.79 Å². The van der Waals surface area contributed by atoms with Crippen molar-refractivity contribution in [1.82, 2.24) is 9.80 Å². The van der Waals surface area contributed by atoms with Crippen LogP contribution in [0.25, 0.3) is 0 Å². The van der Waals surface area contributed by atoms with Crippen LogP contribution in [0.1, 0.15) is 37.0 Å². The van der Waals surface area contributed by atoms with Crippen molar-refractivity contribution in [2.45, 2.75) is 38.9 Å². The predicted molar refractivity (Wildman–Crippen MR) is 128 cm³/mol. The highest BCUT2D eigenvalue weighted by Gasteiger charge is 2.28. The minimum atomic E-state index is 0.105. The molecule has 2 atom stereocenters. The molecule has 6 nitrogen and oxygen atoms in total. The summed E-state index contributed by atoms with van der Waals surface area (Å²) >= 11 is 0. The number of piperidine rings is 1. The smallest absolute Gasteiger partial charge is 0.255 e. The average molecular weight is 438 g/mol. The Morgan fingerprint density at radius 1 is 1.03 bits per heavy atom. The highest BCUT2D eigenvalue weighted by molar-refractivity contribution is 6.00. The van der Waals surface area contributed by atoms with E-state index in [0.29, 0.717) is 18.1 Å². The van der Waals surface area contributed by atoms with Crippen LogP contribution in [0.3, 0.4) is 0 Å². The molecule has 0 bridgehead atoms. The van der Waals surface area contributed by atoms with Gasteiger partial charge in [-0.25, -0.2) is 0 Å². The van der Waals surface area contributed by atoms with Crippen LogP contribution in [0, 0.1) is 5.92 Å². The number of rotatable bonds is 6. The number of morpholine rings is 1. The molecule has 2 aromatic rings. The molecule has 2 fully saturated rings. The number of para-hydroxylation sites is 1. The summed E-state index contributed by atoms with van der Waals surface area (Å²) in [6.07, 6.45) is 2.71. The molecule has 1 amide bonds. The average Bonchev–Trinajstić information content (AvgIpc) is 2.79. The molecular formula is C26H35N3O3. The van der Waals surface area contributed by atoms with Crippen LogP contribution in [-0.4, -0.2) is 67.7 Å². The molecule has 2 unspecified atom stereocenters. The number of carbonyl (C=O) groups excluding carboxylic acids is 1. The number of ether oxygens (including phenoxy) is 2. The maximum absolute atomic E-state index is 13.3. The number of anilines is 2. The van der Waals surface area contributed by atoms with E-state index in [1.165, 1.54) is 0 Å². The van der Waals surface area contributed by atoms with Gasteiger partial charge in [-0.1, -0.05) is 12.1 Å². The molecule has 0 aliphatic carbocycles. The first kappa shape index (κ1) is 22.6. The van der Waals surface area contributed by atoms with Gasteiger partial charge in [0.05, 0.1) is 30.6 Å². The van der Waals surface area contributed by atoms with E-state index in [0.717, 1.165) is 68.3 Å². The Kier molecular flexibility index (Phi) is 7.33. The molecule has 0 saturated carbocycles. The summed E-state index contributed by atoms with van der Waals surface area (Å²) in [7, 11) is 1.65. The van der Waals surface area contributed by atoms with E-state index in [1.54, 1.807) is 7.11 Å². The van der Waals surface area contributed by atoms with Crippen molar-refractivity contribution < 1.29 is 14.3 Å². The number of hydrogen-bond donors (Lipinski definition) is 1. The molecule has 172 valence electrons. The normalized spacial score (nSPS) is 22.5. The Morgan fingerprint density at radius 2 is 1.69 bits per heavy atom. The third kappa shape index (κ3) is 5.61. The number of carbonyl (C=O) groups is 1. The standard InChI is InChI=1S/C26H35N3O3/c1-19-16-28(17-20(2)32-19)18-21-12-14-29(15-13-21)26(30)24-6-4-5-7-25(24)27-22-8-10-23(31-3)11-9-22/h4-11,19-21,27H,12-18H2,1-3H3. The Balaban J connectivity index is 1.35. The summed E-state index contributed by atoms with van der Waals surface area (Å²) < 4.78 is 11.1. The Morgan fingerprint density at radius 3 is 2.34 bits per heavy atom. The van der Waals surface area contributed by atoms with Crippen molar-refractivity contribution in [3.8, 4) is 5.75 Å². The molecule has 0 aromatic heterocycles. The zero-order valence-electron chi connectivity index (χ0n) is 19.4. The van der Waals surface area contributed by atoms with Crippen molar-refractivity contribution in [1.29, 1.82) is 0 Å². The molecule has 32 heavy (non-hydrogen) atoms. The van der Waals surface area contributed by atoms with E-state index in [-0.39, 0.29) is 5.91 Å². The highest BCUT2D eigenvalue weighted by Crippen LogP contribution is 2.26. The maximum Gasteiger partial charge on any atom is 0.255 e. The van der Waals surface area contributed by atoms with Gasteiger partial charge in [0.1, 0.15) is 5.75 Å². The second kappa shape index (κ2) is 10.4. The summed E-state index contributed by atoms with van der Waals surface area (Å²) in [5.74, 6) is 1.56. The van der Waals surface area contributed by atoms with Gasteiger partial charge in [0.15, 0.2) is 0 Å². The molecule has 2 aliphatic rings. The van der Waals surface area contributed by atoms with Crippen molar-refractivity contribution in [2.24, 2.45) is 5.92 Å². The summed E-state index contributed by atoms with van der Waals surface area (Å²) in [6, 6.07) is 15.5. The van der Waals surface area contributed by atoms with E-state index in [4.69, 9.17) is 9.47 Å². The molecule has 2 heterocycles. The third-order valence-electron chi connectivity index (χ3n) is 6.44. The van der Waals surface area contributed by atoms with Gasteiger partial charge in [0.2, 0.25) is 0 Å². The fourth-order valence-electron chi connectivity index (χ4n) is 4.90. The Labute approximate surface area is 191 Å². The maximum atomic E-state index is 13.3. The van der Waals surface area contributed by atoms with E-state index in [2.05, 4.69) is 24.1 Å². The van der Waals surface area contributed by atoms with Gasteiger partial charge in [-0.2, -0.15) is 0 Å². The minimum absolute atomic E-state index is 0.105. The van der Waals surface area contributed by atoms with E-state index in [1.807, 2.05) is 53.4 Å². The lowest BCUT2D eigenvalue weighted by atomic mass is 9.95. The van der Waals surface area contributed by atoms with Gasteiger partial charge in [0.25, 0.3) is 5.91 Å². The molecule has 2 saturated heterocycles. The molecule has 6 heteroatoms. The molecule has 1 N–H and O–H groups in total. The fourth-order valence-corrected chi connectivity index (χ4v) is 4.90. The monoisotopic (exact) mass is 437 g/mol. The minimum Gasteiger partial charge on any atom is -0.497 e. The first-order valence-corrected chi connectivity index (χ1v) is 11.7. The molecule has 4 rings (SSSR count). The Bertz CT molecular complexity index is 883. The van der Waals surface area contributed by atoms with Crippen molar-refractivity contribution in [3.05, 3.63) is 54.1 Å². The van der Waals surface area contributed by atoms with Crippen LogP contribution >= 0.6 is 0 Å². The van der Waals surface area contributed by atoms with Gasteiger partial charge < -0.3 is 19.7 Å². The fraction of sp³-hybridized carbons (Fsp3) is 0.500. The van der Waals surface area contributed by atoms with E-state index < -0.39 is 0 Å². The van der Waals surface area contributed by atoms with Crippen LogP contribution in [0.4, 0.5) is 11.4 Å². The SMILES string of the molecule is COc1ccc(Nc2ccccc2C(=O)N2CCC(CN3CC(C)OC(C)C3)CC2)cc1. The second-order valence-corrected chi connectivity index (χ2v) is 9.11. The highest BCUT2D eigenvalue weighted by atomic mass is 16.5. The van der Waals surface area contributed by atoms with Gasteiger partial charge in [-0.05, 0) is 69.0 Å². The summed E-state index contributed by atoms with van der Waals surface area (Å²) in [6.45, 7) is 9.06. The first-order valence-electron chi connectivity index (χ1n) is 11.7. The third-order valence-corrected chi connectivity index (χ3v) is 6.44. The number of benzene rings is 2. The number of nitrogens with one attached hydrogen (secondary N) is 1. The Hall–Kier alpha value is -2.57. The molecular weight excluding hydrogens is 402 g/mol. The summed E-state index contributed by atoms with van der Waals surface area (Å²) in [4.78, 5) is 17.9. The van der Waals surface area contributed by atoms with Gasteiger partial charge >= 0.3 is 0 Å². The van der Waals surface area contributed by atoms with Gasteiger partial charge in [0, 0.05) is 38.4 Å². The molecule has 2 aliphatic heterocycles. The lowest BCUT2D eigenvalue weighted by Gasteiger charge is -2.39. The van der Waals surface area contributed by atoms with Gasteiger partial charge in [-0.15, -0.1) is 0 Å². The van der Waals surface area contributed by atoms with Crippen LogP contribution < -0.4 is 10.1 Å². The predicted octanol–water partition coefficient (Wildman–Crippen LogP) is 4.40. The summed E-state index contributed by atoms with van der Waals surface area (Å²) in [5.41, 5.74) is 2.48. The largest absolute Gasteiger partial charge is 0.497 e. The number of amides is 1. The van der Waals surface area contributed by atoms with Crippen LogP contribution in [0.15, 0.2) is 48.5 Å². The summed E-state index contributed by atoms with van der Waals surface area (Å²) in [5, 5.41) is 3.39. The zero-order valence-corrected chi connectivity index (χ0v) is 19.4. The van der Waals surface area contributed by atoms with Crippen molar-refractivity contribution in [2.75, 3.05) is 45.2 Å². The van der Waals surface area contributed by atoms with Crippen molar-refractivity contribution in [3.63, 3.8) is 0 Å².